The van der Waals surface area contributed by atoms with Gasteiger partial charge in [0.2, 0.25) is 5.91 Å². The van der Waals surface area contributed by atoms with Crippen LogP contribution in [0.4, 0.5) is 14.9 Å². The van der Waals surface area contributed by atoms with E-state index in [9.17, 15) is 14.0 Å². The van der Waals surface area contributed by atoms with E-state index in [-0.39, 0.29) is 11.7 Å². The van der Waals surface area contributed by atoms with Gasteiger partial charge in [-0.25, -0.2) is 9.18 Å². The van der Waals surface area contributed by atoms with Crippen LogP contribution in [-0.4, -0.2) is 41.4 Å². The predicted molar refractivity (Wildman–Crippen MR) is 93.0 cm³/mol. The number of nitrogens with zero attached hydrogens (tertiary/aromatic N) is 1. The SMILES string of the molecule is CSc1ccc(NC(=O)CCCC2CCN(C(=O)O)CC2)cc1F. The van der Waals surface area contributed by atoms with Crippen molar-refractivity contribution in [2.75, 3.05) is 24.7 Å². The third-order valence-electron chi connectivity index (χ3n) is 4.34. The maximum Gasteiger partial charge on any atom is 0.407 e. The number of likely N-dealkylation sites (tertiary alicyclic amines) is 1. The fraction of sp³-hybridized carbons (Fsp3) is 0.529. The lowest BCUT2D eigenvalue weighted by molar-refractivity contribution is -0.116. The molecule has 1 aliphatic rings. The van der Waals surface area contributed by atoms with Crippen LogP contribution in [-0.2, 0) is 4.79 Å². The molecule has 0 atom stereocenters. The van der Waals surface area contributed by atoms with Gasteiger partial charge in [-0.05, 0) is 56.1 Å². The van der Waals surface area contributed by atoms with Crippen LogP contribution >= 0.6 is 11.8 Å². The number of hydrogen-bond acceptors (Lipinski definition) is 3. The number of carbonyl (C=O) groups excluding carboxylic acids is 1. The number of carbonyl (C=O) groups is 2. The second kappa shape index (κ2) is 8.92. The van der Waals surface area contributed by atoms with Crippen molar-refractivity contribution in [3.05, 3.63) is 24.0 Å². The summed E-state index contributed by atoms with van der Waals surface area (Å²) in [6, 6.07) is 4.70. The molecule has 0 saturated carbocycles. The summed E-state index contributed by atoms with van der Waals surface area (Å²) >= 11 is 1.33. The molecule has 5 nitrogen and oxygen atoms in total. The van der Waals surface area contributed by atoms with Crippen LogP contribution in [0.2, 0.25) is 0 Å². The van der Waals surface area contributed by atoms with Gasteiger partial charge >= 0.3 is 6.09 Å². The van der Waals surface area contributed by atoms with Gasteiger partial charge < -0.3 is 15.3 Å². The zero-order valence-corrected chi connectivity index (χ0v) is 14.6. The summed E-state index contributed by atoms with van der Waals surface area (Å²) in [6.07, 6.45) is 4.73. The van der Waals surface area contributed by atoms with Gasteiger partial charge in [0.15, 0.2) is 0 Å². The summed E-state index contributed by atoms with van der Waals surface area (Å²) in [7, 11) is 0. The van der Waals surface area contributed by atoms with Gasteiger partial charge in [-0.1, -0.05) is 0 Å². The van der Waals surface area contributed by atoms with Crippen LogP contribution in [0.25, 0.3) is 0 Å². The first-order valence-corrected chi connectivity index (χ1v) is 9.33. The molecule has 1 aromatic rings. The molecule has 1 aliphatic heterocycles. The highest BCUT2D eigenvalue weighted by Gasteiger charge is 2.22. The van der Waals surface area contributed by atoms with Crippen molar-refractivity contribution in [1.29, 1.82) is 0 Å². The number of benzene rings is 1. The van der Waals surface area contributed by atoms with E-state index < -0.39 is 6.09 Å². The molecule has 132 valence electrons. The fourth-order valence-corrected chi connectivity index (χ4v) is 3.39. The van der Waals surface area contributed by atoms with Crippen molar-refractivity contribution in [2.24, 2.45) is 5.92 Å². The number of carboxylic acid groups (broad SMARTS) is 1. The second-order valence-electron chi connectivity index (χ2n) is 6.00. The second-order valence-corrected chi connectivity index (χ2v) is 6.85. The maximum absolute atomic E-state index is 13.7. The van der Waals surface area contributed by atoms with E-state index in [0.717, 1.165) is 25.7 Å². The van der Waals surface area contributed by atoms with Gasteiger partial charge in [0.05, 0.1) is 0 Å². The monoisotopic (exact) mass is 354 g/mol. The van der Waals surface area contributed by atoms with Gasteiger partial charge in [0.25, 0.3) is 0 Å². The van der Waals surface area contributed by atoms with E-state index in [1.54, 1.807) is 18.4 Å². The quantitative estimate of drug-likeness (QED) is 0.756. The van der Waals surface area contributed by atoms with Crippen molar-refractivity contribution in [3.8, 4) is 0 Å². The smallest absolute Gasteiger partial charge is 0.407 e. The summed E-state index contributed by atoms with van der Waals surface area (Å²) in [5.41, 5.74) is 0.477. The Morgan fingerprint density at radius 2 is 2.08 bits per heavy atom. The minimum absolute atomic E-state index is 0.116. The normalized spacial score (nSPS) is 15.3. The number of hydrogen-bond donors (Lipinski definition) is 2. The Morgan fingerprint density at radius 3 is 2.67 bits per heavy atom. The molecule has 0 radical (unpaired) electrons. The first-order valence-electron chi connectivity index (χ1n) is 8.11. The molecule has 24 heavy (non-hydrogen) atoms. The highest BCUT2D eigenvalue weighted by Crippen LogP contribution is 2.24. The largest absolute Gasteiger partial charge is 0.465 e. The molecule has 0 bridgehead atoms. The Hall–Kier alpha value is -1.76. The van der Waals surface area contributed by atoms with Crippen LogP contribution < -0.4 is 5.32 Å². The molecular formula is C17H23FN2O3S. The zero-order chi connectivity index (χ0) is 17.5. The van der Waals surface area contributed by atoms with Crippen molar-refractivity contribution < 1.29 is 19.1 Å². The van der Waals surface area contributed by atoms with Crippen molar-refractivity contribution in [3.63, 3.8) is 0 Å². The van der Waals surface area contributed by atoms with E-state index in [1.165, 1.54) is 22.7 Å². The molecule has 0 unspecified atom stereocenters. The third-order valence-corrected chi connectivity index (χ3v) is 5.11. The molecule has 2 N–H and O–H groups in total. The molecule has 2 rings (SSSR count). The van der Waals surface area contributed by atoms with Crippen molar-refractivity contribution >= 4 is 29.4 Å². The molecule has 0 aliphatic carbocycles. The lowest BCUT2D eigenvalue weighted by atomic mass is 9.91. The summed E-state index contributed by atoms with van der Waals surface area (Å²) in [5, 5.41) is 11.6. The average molecular weight is 354 g/mol. The van der Waals surface area contributed by atoms with Crippen LogP contribution in [0.15, 0.2) is 23.1 Å². The lowest BCUT2D eigenvalue weighted by Gasteiger charge is -2.29. The Labute approximate surface area is 145 Å². The lowest BCUT2D eigenvalue weighted by Crippen LogP contribution is -2.37. The Bertz CT molecular complexity index is 589. The average Bonchev–Trinajstić information content (AvgIpc) is 2.55. The number of piperidine rings is 1. The summed E-state index contributed by atoms with van der Waals surface area (Å²) in [5.74, 6) is 0.0338. The van der Waals surface area contributed by atoms with Gasteiger partial charge in [0, 0.05) is 30.1 Å². The van der Waals surface area contributed by atoms with Gasteiger partial charge in [-0.2, -0.15) is 0 Å². The highest BCUT2D eigenvalue weighted by atomic mass is 32.2. The Morgan fingerprint density at radius 1 is 1.38 bits per heavy atom. The molecule has 0 aromatic heterocycles. The molecule has 1 fully saturated rings. The molecule has 1 aromatic carbocycles. The summed E-state index contributed by atoms with van der Waals surface area (Å²) in [4.78, 5) is 24.8. The van der Waals surface area contributed by atoms with Crippen LogP contribution in [0.3, 0.4) is 0 Å². The Kier molecular flexibility index (Phi) is 6.90. The summed E-state index contributed by atoms with van der Waals surface area (Å²) in [6.45, 7) is 1.15. The molecule has 0 spiro atoms. The van der Waals surface area contributed by atoms with Crippen LogP contribution in [0.1, 0.15) is 32.1 Å². The number of amides is 2. The number of anilines is 1. The third kappa shape index (κ3) is 5.40. The van der Waals surface area contributed by atoms with E-state index in [2.05, 4.69) is 5.32 Å². The Balaban J connectivity index is 1.68. The molecule has 7 heteroatoms. The molecular weight excluding hydrogens is 331 g/mol. The van der Waals surface area contributed by atoms with Crippen molar-refractivity contribution in [2.45, 2.75) is 37.0 Å². The molecule has 2 amide bonds. The van der Waals surface area contributed by atoms with Gasteiger partial charge in [-0.15, -0.1) is 11.8 Å². The minimum atomic E-state index is -0.854. The van der Waals surface area contributed by atoms with E-state index in [4.69, 9.17) is 5.11 Å². The minimum Gasteiger partial charge on any atom is -0.465 e. The standard InChI is InChI=1S/C17H23FN2O3S/c1-24-15-6-5-13(11-14(15)18)19-16(21)4-2-3-12-7-9-20(10-8-12)17(22)23/h5-6,11-12H,2-4,7-10H2,1H3,(H,19,21)(H,22,23). The predicted octanol–water partition coefficient (Wildman–Crippen LogP) is 4.05. The molecule has 1 heterocycles. The highest BCUT2D eigenvalue weighted by molar-refractivity contribution is 7.98. The van der Waals surface area contributed by atoms with Crippen LogP contribution in [0.5, 0.6) is 0 Å². The summed E-state index contributed by atoms with van der Waals surface area (Å²) < 4.78 is 13.7. The van der Waals surface area contributed by atoms with Crippen molar-refractivity contribution in [1.82, 2.24) is 4.90 Å². The topological polar surface area (TPSA) is 69.6 Å². The van der Waals surface area contributed by atoms with Crippen LogP contribution in [0, 0.1) is 11.7 Å². The zero-order valence-electron chi connectivity index (χ0n) is 13.8. The number of rotatable bonds is 6. The fourth-order valence-electron chi connectivity index (χ4n) is 2.93. The number of thioether (sulfide) groups is 1. The van der Waals surface area contributed by atoms with Gasteiger partial charge in [0.1, 0.15) is 5.82 Å². The molecule has 1 saturated heterocycles. The first kappa shape index (κ1) is 18.6. The number of nitrogens with one attached hydrogen (secondary N) is 1. The van der Waals surface area contributed by atoms with E-state index >= 15 is 0 Å². The van der Waals surface area contributed by atoms with Gasteiger partial charge in [-0.3, -0.25) is 4.79 Å². The maximum atomic E-state index is 13.7. The van der Waals surface area contributed by atoms with E-state index in [0.29, 0.717) is 36.0 Å². The van der Waals surface area contributed by atoms with E-state index in [1.807, 2.05) is 0 Å². The number of halogens is 1. The first-order chi connectivity index (χ1) is 11.5.